The molecule has 0 aliphatic carbocycles. The number of piperidine rings is 1. The van der Waals surface area contributed by atoms with Crippen LogP contribution in [-0.2, 0) is 4.84 Å². The van der Waals surface area contributed by atoms with Crippen LogP contribution >= 0.6 is 0 Å². The summed E-state index contributed by atoms with van der Waals surface area (Å²) in [5, 5.41) is 10.9. The molecule has 2 aliphatic heterocycles. The molecule has 0 aromatic heterocycles. The van der Waals surface area contributed by atoms with E-state index < -0.39 is 11.6 Å². The number of nitrogens with zero attached hydrogens (tertiary/aromatic N) is 2. The van der Waals surface area contributed by atoms with E-state index in [0.29, 0.717) is 19.4 Å². The molecule has 3 rings (SSSR count). The number of likely N-dealkylation sites (tertiary alicyclic amines) is 1. The number of anilines is 1. The van der Waals surface area contributed by atoms with Gasteiger partial charge in [0.15, 0.2) is 0 Å². The zero-order chi connectivity index (χ0) is 16.6. The molecule has 2 heterocycles. The van der Waals surface area contributed by atoms with Crippen molar-refractivity contribution in [3.05, 3.63) is 30.3 Å². The fourth-order valence-corrected chi connectivity index (χ4v) is 3.52. The molecule has 3 amide bonds. The highest BCUT2D eigenvalue weighted by Gasteiger charge is 2.54. The Labute approximate surface area is 133 Å². The van der Waals surface area contributed by atoms with Gasteiger partial charge in [-0.15, -0.1) is 0 Å². The lowest BCUT2D eigenvalue weighted by Gasteiger charge is -2.45. The Morgan fingerprint density at radius 1 is 1.43 bits per heavy atom. The van der Waals surface area contributed by atoms with Crippen LogP contribution in [0.25, 0.3) is 0 Å². The molecule has 0 radical (unpaired) electrons. The summed E-state index contributed by atoms with van der Waals surface area (Å²) in [6.45, 7) is 2.22. The summed E-state index contributed by atoms with van der Waals surface area (Å²) in [5.41, 5.74) is -0.0437. The molecule has 0 bridgehead atoms. The molecule has 2 fully saturated rings. The summed E-state index contributed by atoms with van der Waals surface area (Å²) in [7, 11) is 0. The second-order valence-corrected chi connectivity index (χ2v) is 5.89. The molecule has 8 nitrogen and oxygen atoms in total. The van der Waals surface area contributed by atoms with Gasteiger partial charge in [0.1, 0.15) is 11.4 Å². The van der Waals surface area contributed by atoms with E-state index >= 15 is 0 Å². The van der Waals surface area contributed by atoms with Crippen LogP contribution in [0.15, 0.2) is 30.3 Å². The van der Waals surface area contributed by atoms with Crippen molar-refractivity contribution in [2.24, 2.45) is 5.90 Å². The van der Waals surface area contributed by atoms with Crippen molar-refractivity contribution >= 4 is 23.6 Å². The van der Waals surface area contributed by atoms with E-state index in [2.05, 4.69) is 10.2 Å². The maximum atomic E-state index is 12.4. The molecule has 1 aromatic carbocycles. The fraction of sp³-hybridized carbons (Fsp3) is 0.400. The van der Waals surface area contributed by atoms with Gasteiger partial charge in [-0.1, -0.05) is 18.2 Å². The van der Waals surface area contributed by atoms with Crippen molar-refractivity contribution in [2.45, 2.75) is 31.3 Å². The van der Waals surface area contributed by atoms with Gasteiger partial charge in [0.2, 0.25) is 0 Å². The van der Waals surface area contributed by atoms with Crippen LogP contribution in [0.4, 0.5) is 15.3 Å². The number of nitrogens with one attached hydrogen (secondary N) is 2. The van der Waals surface area contributed by atoms with Crippen LogP contribution in [0.1, 0.15) is 19.8 Å². The van der Waals surface area contributed by atoms with Crippen molar-refractivity contribution in [3.63, 3.8) is 0 Å². The maximum absolute atomic E-state index is 12.4. The van der Waals surface area contributed by atoms with Crippen LogP contribution in [0.5, 0.6) is 0 Å². The van der Waals surface area contributed by atoms with Gasteiger partial charge < -0.3 is 9.74 Å². The predicted octanol–water partition coefficient (Wildman–Crippen LogP) is 1.43. The quantitative estimate of drug-likeness (QED) is 0.680. The van der Waals surface area contributed by atoms with E-state index in [1.54, 1.807) is 4.90 Å². The maximum Gasteiger partial charge on any atom is 0.428 e. The molecular weight excluding hydrogens is 298 g/mol. The monoisotopic (exact) mass is 317 g/mol. The summed E-state index contributed by atoms with van der Waals surface area (Å²) in [4.78, 5) is 31.5. The van der Waals surface area contributed by atoms with Crippen LogP contribution in [-0.4, -0.2) is 41.0 Å². The van der Waals surface area contributed by atoms with Crippen molar-refractivity contribution in [1.29, 1.82) is 5.41 Å². The second-order valence-electron chi connectivity index (χ2n) is 5.89. The van der Waals surface area contributed by atoms with Crippen molar-refractivity contribution < 1.29 is 14.4 Å². The topological polar surface area (TPSA) is 112 Å². The number of para-hydroxylation sites is 1. The first-order chi connectivity index (χ1) is 11.0. The van der Waals surface area contributed by atoms with Gasteiger partial charge in [0.05, 0.1) is 0 Å². The van der Waals surface area contributed by atoms with Crippen LogP contribution in [0, 0.1) is 5.41 Å². The summed E-state index contributed by atoms with van der Waals surface area (Å²) in [6, 6.07) is 8.72. The number of carbonyl (C=O) groups is 2. The number of hydrogen-bond donors (Lipinski definition) is 3. The molecule has 1 aromatic rings. The second kappa shape index (κ2) is 5.54. The Hall–Kier alpha value is -2.61. The normalized spacial score (nSPS) is 27.3. The van der Waals surface area contributed by atoms with Crippen LogP contribution in [0.3, 0.4) is 0 Å². The van der Waals surface area contributed by atoms with E-state index in [-0.39, 0.29) is 17.9 Å². The molecule has 0 unspecified atom stereocenters. The summed E-state index contributed by atoms with van der Waals surface area (Å²) >= 11 is 0. The third kappa shape index (κ3) is 2.31. The number of urea groups is 1. The molecule has 122 valence electrons. The Balaban J connectivity index is 1.95. The number of amidine groups is 1. The van der Waals surface area contributed by atoms with Crippen molar-refractivity contribution in [1.82, 2.24) is 10.2 Å². The molecule has 23 heavy (non-hydrogen) atoms. The summed E-state index contributed by atoms with van der Waals surface area (Å²) < 4.78 is 0. The minimum Gasteiger partial charge on any atom is -0.357 e. The lowest BCUT2D eigenvalue weighted by atomic mass is 9.82. The van der Waals surface area contributed by atoms with E-state index in [9.17, 15) is 9.59 Å². The van der Waals surface area contributed by atoms with Gasteiger partial charge in [0, 0.05) is 18.3 Å². The zero-order valence-electron chi connectivity index (χ0n) is 12.8. The van der Waals surface area contributed by atoms with E-state index in [4.69, 9.17) is 11.3 Å². The third-order valence-corrected chi connectivity index (χ3v) is 4.61. The van der Waals surface area contributed by atoms with Gasteiger partial charge in [0.25, 0.3) is 0 Å². The average molecular weight is 317 g/mol. The highest BCUT2D eigenvalue weighted by Crippen LogP contribution is 2.39. The Morgan fingerprint density at radius 2 is 2.13 bits per heavy atom. The smallest absolute Gasteiger partial charge is 0.357 e. The minimum absolute atomic E-state index is 0.166. The highest BCUT2D eigenvalue weighted by molar-refractivity contribution is 6.18. The average Bonchev–Trinajstić information content (AvgIpc) is 2.77. The first-order valence-corrected chi connectivity index (χ1v) is 7.42. The zero-order valence-corrected chi connectivity index (χ0v) is 12.8. The molecule has 2 aliphatic rings. The lowest BCUT2D eigenvalue weighted by molar-refractivity contribution is 0.0693. The predicted molar refractivity (Wildman–Crippen MR) is 84.0 cm³/mol. The number of carbonyl (C=O) groups excluding carboxylic acids is 2. The van der Waals surface area contributed by atoms with E-state index in [1.807, 2.05) is 37.3 Å². The van der Waals surface area contributed by atoms with Crippen LogP contribution in [0.2, 0.25) is 0 Å². The first kappa shape index (κ1) is 15.3. The fourth-order valence-electron chi connectivity index (χ4n) is 3.52. The van der Waals surface area contributed by atoms with Crippen LogP contribution < -0.4 is 16.1 Å². The molecule has 0 saturated carbocycles. The summed E-state index contributed by atoms with van der Waals surface area (Å²) in [5.74, 6) is 5.13. The Morgan fingerprint density at radius 3 is 2.74 bits per heavy atom. The number of rotatable bonds is 1. The van der Waals surface area contributed by atoms with Gasteiger partial charge in [-0.25, -0.2) is 9.59 Å². The van der Waals surface area contributed by atoms with Gasteiger partial charge in [-0.05, 0) is 31.9 Å². The van der Waals surface area contributed by atoms with Crippen molar-refractivity contribution in [3.8, 4) is 0 Å². The van der Waals surface area contributed by atoms with Gasteiger partial charge >= 0.3 is 12.1 Å². The number of benzene rings is 1. The van der Waals surface area contributed by atoms with Gasteiger partial charge in [-0.2, -0.15) is 5.90 Å². The molecule has 2 atom stereocenters. The number of amides is 3. The minimum atomic E-state index is -0.775. The first-order valence-electron chi connectivity index (χ1n) is 7.42. The van der Waals surface area contributed by atoms with E-state index in [1.165, 1.54) is 4.90 Å². The third-order valence-electron chi connectivity index (χ3n) is 4.61. The molecular formula is C15H19N5O3. The lowest BCUT2D eigenvalue weighted by Crippen LogP contribution is -2.60. The molecule has 4 N–H and O–H groups in total. The SMILES string of the molecule is C[C@H]1C[C@]2(CCN1C(=O)ON)C(=N)NC(=O)N2c1ccccc1. The molecule has 8 heteroatoms. The van der Waals surface area contributed by atoms with Crippen molar-refractivity contribution in [2.75, 3.05) is 11.4 Å². The number of nitrogens with two attached hydrogens (primary N) is 1. The van der Waals surface area contributed by atoms with E-state index in [0.717, 1.165) is 5.69 Å². The Kier molecular flexibility index (Phi) is 3.69. The molecule has 1 spiro atoms. The standard InChI is InChI=1S/C15H19N5O3/c1-10-9-15(7-8-19(10)14(22)23-17)12(16)18-13(21)20(15)11-5-3-2-4-6-11/h2-6,10H,7-9,17H2,1H3,(H2,16,18,21)/t10-,15+/m0/s1. The van der Waals surface area contributed by atoms with Gasteiger partial charge in [-0.3, -0.25) is 15.6 Å². The largest absolute Gasteiger partial charge is 0.428 e. The Bertz CT molecular complexity index is 650. The molecule has 2 saturated heterocycles. The number of hydrogen-bond acceptors (Lipinski definition) is 5. The summed E-state index contributed by atoms with van der Waals surface area (Å²) in [6.07, 6.45) is 0.287. The highest BCUT2D eigenvalue weighted by atomic mass is 16.7.